The van der Waals surface area contributed by atoms with E-state index in [2.05, 4.69) is 20.9 Å². The van der Waals surface area contributed by atoms with Gasteiger partial charge in [-0.3, -0.25) is 14.4 Å². The summed E-state index contributed by atoms with van der Waals surface area (Å²) in [5.41, 5.74) is 6.59. The fourth-order valence-corrected chi connectivity index (χ4v) is 6.03. The molecule has 1 aromatic heterocycles. The third kappa shape index (κ3) is 6.99. The van der Waals surface area contributed by atoms with E-state index in [1.165, 1.54) is 30.3 Å². The number of hydrogen-bond acceptors (Lipinski definition) is 4. The van der Waals surface area contributed by atoms with Crippen LogP contribution >= 0.6 is 23.8 Å². The minimum absolute atomic E-state index is 0.0316. The fraction of sp³-hybridized carbons (Fsp3) is 0.419. The molecule has 0 radical (unpaired) electrons. The molecule has 4 atom stereocenters. The Hall–Kier alpha value is -3.57. The van der Waals surface area contributed by atoms with E-state index < -0.39 is 47.0 Å². The lowest BCUT2D eigenvalue weighted by molar-refractivity contribution is -0.137. The number of carbonyl (C=O) groups excluding carboxylic acids is 3. The van der Waals surface area contributed by atoms with Crippen molar-refractivity contribution in [1.29, 1.82) is 0 Å². The molecule has 3 aromatic rings. The van der Waals surface area contributed by atoms with E-state index in [0.717, 1.165) is 5.69 Å². The molecule has 2 aromatic carbocycles. The van der Waals surface area contributed by atoms with Gasteiger partial charge in [0.1, 0.15) is 23.2 Å². The molecule has 0 fully saturated rings. The second kappa shape index (κ2) is 13.4. The minimum atomic E-state index is -1.47. The van der Waals surface area contributed by atoms with Crippen LogP contribution in [-0.2, 0) is 33.6 Å². The van der Waals surface area contributed by atoms with E-state index >= 15 is 0 Å². The highest BCUT2D eigenvalue weighted by Gasteiger charge is 2.46. The second-order valence-corrected chi connectivity index (χ2v) is 12.1. The van der Waals surface area contributed by atoms with Gasteiger partial charge in [0.25, 0.3) is 0 Å². The first kappa shape index (κ1) is 32.3. The number of aromatic amines is 1. The smallest absolute Gasteiger partial charge is 0.246 e. The Kier molecular flexibility index (Phi) is 10.1. The highest BCUT2D eigenvalue weighted by atomic mass is 35.5. The monoisotopic (exact) mass is 631 g/mol. The number of thiocarbonyl (C=S) groups is 1. The van der Waals surface area contributed by atoms with Gasteiger partial charge >= 0.3 is 0 Å². The van der Waals surface area contributed by atoms with Crippen molar-refractivity contribution < 1.29 is 23.2 Å². The molecule has 1 unspecified atom stereocenters. The summed E-state index contributed by atoms with van der Waals surface area (Å²) in [7, 11) is 0. The Morgan fingerprint density at radius 2 is 1.86 bits per heavy atom. The summed E-state index contributed by atoms with van der Waals surface area (Å²) in [6.45, 7) is 5.51. The quantitative estimate of drug-likeness (QED) is 0.201. The molecule has 12 heteroatoms. The molecule has 4 rings (SSSR count). The van der Waals surface area contributed by atoms with Gasteiger partial charge in [-0.15, -0.1) is 0 Å². The van der Waals surface area contributed by atoms with Crippen molar-refractivity contribution in [2.24, 2.45) is 11.7 Å². The van der Waals surface area contributed by atoms with Crippen LogP contribution in [0, 0.1) is 17.6 Å². The van der Waals surface area contributed by atoms with E-state index in [4.69, 9.17) is 29.6 Å². The third-order valence-corrected chi connectivity index (χ3v) is 8.86. The SMILES string of the molecule is CCC(C)[C@H](NC(=O)Cc1ccccc1F)C(=O)N[C@]1(C(=O)N[C@@H](CC)C(N)=S)CCc2[nH]c3c(Cl)cc(F)cc3c2C1. The predicted molar refractivity (Wildman–Crippen MR) is 167 cm³/mol. The van der Waals surface area contributed by atoms with Crippen LogP contribution in [0.4, 0.5) is 8.78 Å². The Morgan fingerprint density at radius 1 is 1.14 bits per heavy atom. The minimum Gasteiger partial charge on any atom is -0.392 e. The van der Waals surface area contributed by atoms with Crippen molar-refractivity contribution >= 4 is 57.4 Å². The lowest BCUT2D eigenvalue weighted by atomic mass is 9.78. The van der Waals surface area contributed by atoms with Gasteiger partial charge in [-0.05, 0) is 54.5 Å². The van der Waals surface area contributed by atoms with Crippen LogP contribution in [0.3, 0.4) is 0 Å². The first-order chi connectivity index (χ1) is 20.4. The average molecular weight is 632 g/mol. The number of nitrogens with one attached hydrogen (secondary N) is 4. The maximum Gasteiger partial charge on any atom is 0.246 e. The maximum absolute atomic E-state index is 14.4. The highest BCUT2D eigenvalue weighted by molar-refractivity contribution is 7.80. The molecule has 8 nitrogen and oxygen atoms in total. The van der Waals surface area contributed by atoms with Crippen LogP contribution in [0.25, 0.3) is 10.9 Å². The van der Waals surface area contributed by atoms with Crippen LogP contribution < -0.4 is 21.7 Å². The number of fused-ring (bicyclic) bond motifs is 3. The highest BCUT2D eigenvalue weighted by Crippen LogP contribution is 2.37. The molecule has 1 aliphatic rings. The van der Waals surface area contributed by atoms with Crippen LogP contribution in [0.5, 0.6) is 0 Å². The van der Waals surface area contributed by atoms with Gasteiger partial charge in [0.05, 0.1) is 28.0 Å². The van der Waals surface area contributed by atoms with Gasteiger partial charge in [-0.25, -0.2) is 8.78 Å². The number of aryl methyl sites for hydroxylation is 1. The topological polar surface area (TPSA) is 129 Å². The van der Waals surface area contributed by atoms with E-state index in [1.807, 2.05) is 20.8 Å². The molecular weight excluding hydrogens is 596 g/mol. The number of carbonyl (C=O) groups is 3. The normalized spacial score (nSPS) is 18.3. The van der Waals surface area contributed by atoms with Gasteiger partial charge in [-0.2, -0.15) is 0 Å². The molecule has 3 amide bonds. The molecule has 6 N–H and O–H groups in total. The molecule has 0 bridgehead atoms. The zero-order chi connectivity index (χ0) is 31.5. The van der Waals surface area contributed by atoms with E-state index in [9.17, 15) is 23.2 Å². The number of aromatic nitrogens is 1. The molecule has 0 spiro atoms. The average Bonchev–Trinajstić information content (AvgIpc) is 3.32. The Balaban J connectivity index is 1.68. The van der Waals surface area contributed by atoms with Crippen molar-refractivity contribution in [3.63, 3.8) is 0 Å². The van der Waals surface area contributed by atoms with Crippen LogP contribution in [-0.4, -0.2) is 45.3 Å². The summed E-state index contributed by atoms with van der Waals surface area (Å²) >= 11 is 11.5. The molecular formula is C31H36ClF2N5O3S. The van der Waals surface area contributed by atoms with Gasteiger partial charge in [0.2, 0.25) is 17.7 Å². The third-order valence-electron chi connectivity index (χ3n) is 8.28. The Morgan fingerprint density at radius 3 is 2.51 bits per heavy atom. The van der Waals surface area contributed by atoms with Crippen LogP contribution in [0.15, 0.2) is 36.4 Å². The Bertz CT molecular complexity index is 1560. The standard InChI is InChI=1S/C31H36ClF2N5O3S/c1-4-16(3)26(38-25(40)12-17-8-6-7-9-22(17)34)29(41)39-31(30(42)37-23(5-2)28(35)43)11-10-24-20(15-31)19-13-18(33)14-21(32)27(19)36-24/h6-9,13-14,16,23,26,36H,4-5,10-12,15H2,1-3H3,(H2,35,43)(H,37,42)(H,38,40)(H,39,41)/t16?,23-,26-,31+/m0/s1. The first-order valence-corrected chi connectivity index (χ1v) is 15.1. The maximum atomic E-state index is 14.4. The summed E-state index contributed by atoms with van der Waals surface area (Å²) < 4.78 is 28.6. The first-order valence-electron chi connectivity index (χ1n) is 14.3. The molecule has 1 aliphatic carbocycles. The van der Waals surface area contributed by atoms with Crippen molar-refractivity contribution in [1.82, 2.24) is 20.9 Å². The van der Waals surface area contributed by atoms with Crippen molar-refractivity contribution in [2.75, 3.05) is 0 Å². The van der Waals surface area contributed by atoms with Crippen LogP contribution in [0.2, 0.25) is 5.02 Å². The van der Waals surface area contributed by atoms with Gasteiger partial charge in [0, 0.05) is 17.5 Å². The number of H-pyrrole nitrogens is 1. The summed E-state index contributed by atoms with van der Waals surface area (Å²) in [5.74, 6) is -2.96. The zero-order valence-electron chi connectivity index (χ0n) is 24.3. The van der Waals surface area contributed by atoms with Gasteiger partial charge in [0.15, 0.2) is 0 Å². The fourth-order valence-electron chi connectivity index (χ4n) is 5.55. The van der Waals surface area contributed by atoms with E-state index in [-0.39, 0.29) is 40.8 Å². The summed E-state index contributed by atoms with van der Waals surface area (Å²) in [4.78, 5) is 44.3. The van der Waals surface area contributed by atoms with Crippen molar-refractivity contribution in [3.8, 4) is 0 Å². The number of amides is 3. The lowest BCUT2D eigenvalue weighted by Gasteiger charge is -2.39. The number of nitrogens with two attached hydrogens (primary N) is 1. The summed E-state index contributed by atoms with van der Waals surface area (Å²) in [6.07, 6.45) is 1.31. The number of rotatable bonds is 11. The molecule has 0 aliphatic heterocycles. The number of halogens is 3. The van der Waals surface area contributed by atoms with Crippen molar-refractivity contribution in [2.45, 2.75) is 76.9 Å². The van der Waals surface area contributed by atoms with Gasteiger partial charge in [-0.1, -0.05) is 69.2 Å². The molecule has 0 saturated heterocycles. The summed E-state index contributed by atoms with van der Waals surface area (Å²) in [5, 5.41) is 9.31. The largest absolute Gasteiger partial charge is 0.392 e. The number of hydrogen-bond donors (Lipinski definition) is 5. The second-order valence-electron chi connectivity index (χ2n) is 11.2. The lowest BCUT2D eigenvalue weighted by Crippen LogP contribution is -2.66. The molecule has 43 heavy (non-hydrogen) atoms. The van der Waals surface area contributed by atoms with E-state index in [0.29, 0.717) is 35.7 Å². The molecule has 230 valence electrons. The Labute approximate surface area is 259 Å². The molecule has 0 saturated carbocycles. The summed E-state index contributed by atoms with van der Waals surface area (Å²) in [6, 6.07) is 6.87. The van der Waals surface area contributed by atoms with Crippen LogP contribution in [0.1, 0.15) is 56.9 Å². The number of benzene rings is 2. The zero-order valence-corrected chi connectivity index (χ0v) is 25.9. The predicted octanol–water partition coefficient (Wildman–Crippen LogP) is 4.40. The molecule has 1 heterocycles. The van der Waals surface area contributed by atoms with E-state index in [1.54, 1.807) is 6.07 Å². The van der Waals surface area contributed by atoms with Gasteiger partial charge < -0.3 is 26.7 Å². The van der Waals surface area contributed by atoms with Crippen molar-refractivity contribution in [3.05, 3.63) is 69.9 Å².